The fourth-order valence-electron chi connectivity index (χ4n) is 2.00. The number of carbonyl (C=O) groups is 1. The van der Waals surface area contributed by atoms with Gasteiger partial charge in [-0.1, -0.05) is 6.92 Å². The minimum atomic E-state index is -3.56. The van der Waals surface area contributed by atoms with Crippen molar-refractivity contribution in [3.63, 3.8) is 0 Å². The van der Waals surface area contributed by atoms with E-state index in [1.807, 2.05) is 0 Å². The number of nitrogens with one attached hydrogen (secondary N) is 1. The molecule has 0 amide bonds. The predicted octanol–water partition coefficient (Wildman–Crippen LogP) is -0.437. The van der Waals surface area contributed by atoms with Crippen molar-refractivity contribution in [2.24, 2.45) is 0 Å². The highest BCUT2D eigenvalue weighted by molar-refractivity contribution is 7.89. The smallest absolute Gasteiger partial charge is 0.322 e. The van der Waals surface area contributed by atoms with Crippen LogP contribution in [-0.2, 0) is 19.6 Å². The fourth-order valence-corrected chi connectivity index (χ4v) is 3.58. The maximum atomic E-state index is 12.0. The molecular weight excluding hydrogens is 244 g/mol. The molecule has 0 radical (unpaired) electrons. The highest BCUT2D eigenvalue weighted by Gasteiger charge is 2.32. The van der Waals surface area contributed by atoms with Crippen LogP contribution < -0.4 is 5.32 Å². The van der Waals surface area contributed by atoms with E-state index in [9.17, 15) is 13.2 Å². The van der Waals surface area contributed by atoms with Gasteiger partial charge in [0, 0.05) is 19.1 Å². The van der Waals surface area contributed by atoms with Gasteiger partial charge in [-0.3, -0.25) is 4.79 Å². The second kappa shape index (κ2) is 6.32. The van der Waals surface area contributed by atoms with Gasteiger partial charge in [-0.15, -0.1) is 0 Å². The van der Waals surface area contributed by atoms with E-state index in [1.54, 1.807) is 13.8 Å². The van der Waals surface area contributed by atoms with Crippen molar-refractivity contribution in [3.8, 4) is 0 Å². The molecule has 1 aliphatic heterocycles. The Bertz CT molecular complexity index is 349. The van der Waals surface area contributed by atoms with Crippen molar-refractivity contribution in [3.05, 3.63) is 0 Å². The van der Waals surface area contributed by atoms with Crippen LogP contribution in [0.5, 0.6) is 0 Å². The van der Waals surface area contributed by atoms with Crippen LogP contribution in [0, 0.1) is 0 Å². The van der Waals surface area contributed by atoms with Crippen LogP contribution in [0.1, 0.15) is 20.3 Å². The molecule has 1 unspecified atom stereocenters. The van der Waals surface area contributed by atoms with Gasteiger partial charge in [-0.05, 0) is 19.9 Å². The predicted molar refractivity (Wildman–Crippen MR) is 64.1 cm³/mol. The van der Waals surface area contributed by atoms with Crippen LogP contribution in [0.25, 0.3) is 0 Å². The van der Waals surface area contributed by atoms with Gasteiger partial charge in [0.05, 0.1) is 6.61 Å². The van der Waals surface area contributed by atoms with E-state index in [0.717, 1.165) is 13.0 Å². The van der Waals surface area contributed by atoms with Gasteiger partial charge in [-0.2, -0.15) is 4.31 Å². The summed E-state index contributed by atoms with van der Waals surface area (Å²) in [4.78, 5) is 11.3. The van der Waals surface area contributed by atoms with Crippen molar-refractivity contribution < 1.29 is 17.9 Å². The molecular formula is C10H20N2O4S. The molecule has 0 bridgehead atoms. The minimum Gasteiger partial charge on any atom is -0.465 e. The highest BCUT2D eigenvalue weighted by atomic mass is 32.2. The number of sulfonamides is 1. The van der Waals surface area contributed by atoms with Crippen LogP contribution >= 0.6 is 0 Å². The summed E-state index contributed by atoms with van der Waals surface area (Å²) in [5, 5.41) is 3.12. The third-order valence-corrected chi connectivity index (χ3v) is 4.59. The van der Waals surface area contributed by atoms with Gasteiger partial charge in [0.2, 0.25) is 10.0 Å². The number of likely N-dealkylation sites (N-methyl/N-ethyl adjacent to an activating group) is 1. The summed E-state index contributed by atoms with van der Waals surface area (Å²) in [5.74, 6) is -1.25. The molecule has 1 aliphatic rings. The Labute approximate surface area is 102 Å². The third kappa shape index (κ3) is 3.93. The fraction of sp³-hybridized carbons (Fsp3) is 0.900. The molecule has 1 atom stereocenters. The van der Waals surface area contributed by atoms with E-state index in [4.69, 9.17) is 0 Å². The monoisotopic (exact) mass is 264 g/mol. The average molecular weight is 264 g/mol. The summed E-state index contributed by atoms with van der Waals surface area (Å²) in [7, 11) is -3.56. The lowest BCUT2D eigenvalue weighted by molar-refractivity contribution is -0.140. The molecule has 0 aromatic heterocycles. The van der Waals surface area contributed by atoms with E-state index in [0.29, 0.717) is 13.1 Å². The van der Waals surface area contributed by atoms with Gasteiger partial charge in [0.15, 0.2) is 5.75 Å². The number of nitrogens with zero attached hydrogens (tertiary/aromatic N) is 1. The summed E-state index contributed by atoms with van der Waals surface area (Å²) < 4.78 is 30.1. The van der Waals surface area contributed by atoms with Crippen molar-refractivity contribution in [2.45, 2.75) is 26.3 Å². The van der Waals surface area contributed by atoms with Gasteiger partial charge in [-0.25, -0.2) is 8.42 Å². The van der Waals surface area contributed by atoms with Crippen LogP contribution in [0.3, 0.4) is 0 Å². The molecule has 6 nitrogen and oxygen atoms in total. The molecule has 1 N–H and O–H groups in total. The van der Waals surface area contributed by atoms with Crippen LogP contribution in [0.4, 0.5) is 0 Å². The van der Waals surface area contributed by atoms with Crippen LogP contribution in [-0.4, -0.2) is 56.7 Å². The number of hydrogen-bond donors (Lipinski definition) is 1. The van der Waals surface area contributed by atoms with Gasteiger partial charge < -0.3 is 10.1 Å². The molecule has 100 valence electrons. The Morgan fingerprint density at radius 2 is 2.18 bits per heavy atom. The van der Waals surface area contributed by atoms with Crippen LogP contribution in [0.2, 0.25) is 0 Å². The quantitative estimate of drug-likeness (QED) is 0.658. The SMILES string of the molecule is CCOC(=O)CS(=O)(=O)N(CC)C1CCNC1. The van der Waals surface area contributed by atoms with Gasteiger partial charge in [0.1, 0.15) is 0 Å². The first-order chi connectivity index (χ1) is 8.01. The van der Waals surface area contributed by atoms with E-state index in [2.05, 4.69) is 10.1 Å². The maximum Gasteiger partial charge on any atom is 0.322 e. The molecule has 0 saturated carbocycles. The molecule has 1 rings (SSSR count). The highest BCUT2D eigenvalue weighted by Crippen LogP contribution is 2.13. The summed E-state index contributed by atoms with van der Waals surface area (Å²) in [5.41, 5.74) is 0. The lowest BCUT2D eigenvalue weighted by Gasteiger charge is -2.25. The first-order valence-corrected chi connectivity index (χ1v) is 7.48. The van der Waals surface area contributed by atoms with Gasteiger partial charge >= 0.3 is 5.97 Å². The Morgan fingerprint density at radius 3 is 2.65 bits per heavy atom. The summed E-state index contributed by atoms with van der Waals surface area (Å²) in [6.45, 7) is 5.48. The summed E-state index contributed by atoms with van der Waals surface area (Å²) >= 11 is 0. The lowest BCUT2D eigenvalue weighted by atomic mass is 10.3. The second-order valence-corrected chi connectivity index (χ2v) is 5.83. The molecule has 0 aliphatic carbocycles. The Morgan fingerprint density at radius 1 is 1.47 bits per heavy atom. The van der Waals surface area contributed by atoms with E-state index < -0.39 is 21.7 Å². The third-order valence-electron chi connectivity index (χ3n) is 2.72. The number of esters is 1. The molecule has 0 aromatic carbocycles. The van der Waals surface area contributed by atoms with E-state index in [1.165, 1.54) is 4.31 Å². The van der Waals surface area contributed by atoms with Crippen molar-refractivity contribution in [1.82, 2.24) is 9.62 Å². The summed E-state index contributed by atoms with van der Waals surface area (Å²) in [6, 6.07) is -0.0422. The first-order valence-electron chi connectivity index (χ1n) is 5.87. The van der Waals surface area contributed by atoms with Crippen LogP contribution in [0.15, 0.2) is 0 Å². The van der Waals surface area contributed by atoms with Crippen molar-refractivity contribution in [1.29, 1.82) is 0 Å². The summed E-state index contributed by atoms with van der Waals surface area (Å²) in [6.07, 6.45) is 0.788. The standard InChI is InChI=1S/C10H20N2O4S/c1-3-12(9-5-6-11-7-9)17(14,15)8-10(13)16-4-2/h9,11H,3-8H2,1-2H3. The normalized spacial score (nSPS) is 20.8. The van der Waals surface area contributed by atoms with Crippen molar-refractivity contribution >= 4 is 16.0 Å². The number of carbonyl (C=O) groups excluding carboxylic acids is 1. The second-order valence-electron chi connectivity index (χ2n) is 3.91. The largest absolute Gasteiger partial charge is 0.465 e. The number of rotatable bonds is 6. The number of ether oxygens (including phenoxy) is 1. The Balaban J connectivity index is 2.68. The zero-order valence-corrected chi connectivity index (χ0v) is 11.1. The zero-order valence-electron chi connectivity index (χ0n) is 10.3. The molecule has 0 aromatic rings. The number of hydrogen-bond acceptors (Lipinski definition) is 5. The molecule has 1 saturated heterocycles. The maximum absolute atomic E-state index is 12.0. The molecule has 1 heterocycles. The zero-order chi connectivity index (χ0) is 12.9. The average Bonchev–Trinajstić information content (AvgIpc) is 2.70. The lowest BCUT2D eigenvalue weighted by Crippen LogP contribution is -2.44. The minimum absolute atomic E-state index is 0.0422. The van der Waals surface area contributed by atoms with Gasteiger partial charge in [0.25, 0.3) is 0 Å². The first kappa shape index (κ1) is 14.4. The topological polar surface area (TPSA) is 75.7 Å². The van der Waals surface area contributed by atoms with Crippen molar-refractivity contribution in [2.75, 3.05) is 32.0 Å². The molecule has 0 spiro atoms. The van der Waals surface area contributed by atoms with E-state index >= 15 is 0 Å². The Hall–Kier alpha value is -0.660. The molecule has 7 heteroatoms. The molecule has 1 fully saturated rings. The Kier molecular flexibility index (Phi) is 5.35. The van der Waals surface area contributed by atoms with E-state index in [-0.39, 0.29) is 12.6 Å². The molecule has 17 heavy (non-hydrogen) atoms.